The van der Waals surface area contributed by atoms with Gasteiger partial charge in [0.1, 0.15) is 5.52 Å². The van der Waals surface area contributed by atoms with E-state index >= 15 is 0 Å². The number of methoxy groups -OCH3 is 1. The number of ether oxygens (including phenoxy) is 1. The number of likely N-dealkylation sites (N-methyl/N-ethyl adjacent to an activating group) is 1. The van der Waals surface area contributed by atoms with Crippen molar-refractivity contribution < 1.29 is 19.2 Å². The topological polar surface area (TPSA) is 122 Å². The predicted molar refractivity (Wildman–Crippen MR) is 136 cm³/mol. The number of imide groups is 1. The molecule has 0 radical (unpaired) electrons. The van der Waals surface area contributed by atoms with Gasteiger partial charge in [0.15, 0.2) is 0 Å². The molecule has 1 aliphatic rings. The van der Waals surface area contributed by atoms with Crippen molar-refractivity contribution in [3.8, 4) is 0 Å². The molecule has 2 aromatic heterocycles. The maximum atomic E-state index is 13.1. The van der Waals surface area contributed by atoms with E-state index in [9.17, 15) is 19.7 Å². The van der Waals surface area contributed by atoms with Gasteiger partial charge in [-0.05, 0) is 20.2 Å². The Morgan fingerprint density at radius 1 is 1.03 bits per heavy atom. The van der Waals surface area contributed by atoms with Gasteiger partial charge in [0.05, 0.1) is 28.7 Å². The first kappa shape index (κ1) is 23.5. The van der Waals surface area contributed by atoms with E-state index in [0.29, 0.717) is 35.1 Å². The quantitative estimate of drug-likeness (QED) is 0.224. The summed E-state index contributed by atoms with van der Waals surface area (Å²) in [4.78, 5) is 42.8. The molecule has 0 spiro atoms. The van der Waals surface area contributed by atoms with E-state index in [1.165, 1.54) is 6.07 Å². The molecule has 2 amide bonds. The Balaban J connectivity index is 1.78. The van der Waals surface area contributed by atoms with Crippen LogP contribution in [0.2, 0.25) is 0 Å². The molecule has 0 saturated heterocycles. The van der Waals surface area contributed by atoms with Crippen molar-refractivity contribution >= 4 is 50.5 Å². The zero-order valence-electron chi connectivity index (χ0n) is 20.1. The first-order valence-corrected chi connectivity index (χ1v) is 11.4. The summed E-state index contributed by atoms with van der Waals surface area (Å²) in [6.45, 7) is 0.912. The molecule has 2 aromatic carbocycles. The monoisotopic (exact) mass is 487 g/mol. The Morgan fingerprint density at radius 3 is 2.42 bits per heavy atom. The lowest BCUT2D eigenvalue weighted by atomic mass is 9.95. The molecule has 1 aliphatic heterocycles. The lowest BCUT2D eigenvalue weighted by molar-refractivity contribution is -0.383. The molecule has 1 unspecified atom stereocenters. The van der Waals surface area contributed by atoms with Gasteiger partial charge in [0.25, 0.3) is 17.5 Å². The number of nitrogens with one attached hydrogen (secondary N) is 2. The molecular weight excluding hydrogens is 462 g/mol. The molecule has 5 rings (SSSR count). The largest absolute Gasteiger partial charge is 0.378 e. The first-order chi connectivity index (χ1) is 17.3. The van der Waals surface area contributed by atoms with Gasteiger partial charge >= 0.3 is 0 Å². The number of rotatable bonds is 8. The van der Waals surface area contributed by atoms with Crippen LogP contribution in [0.4, 0.5) is 5.69 Å². The number of carbonyl (C=O) groups is 2. The van der Waals surface area contributed by atoms with Crippen LogP contribution < -0.4 is 5.32 Å². The van der Waals surface area contributed by atoms with Crippen LogP contribution in [0.5, 0.6) is 0 Å². The van der Waals surface area contributed by atoms with Crippen molar-refractivity contribution in [3.63, 3.8) is 0 Å². The average Bonchev–Trinajstić information content (AvgIpc) is 3.51. The molecule has 2 N–H and O–H groups in total. The Morgan fingerprint density at radius 2 is 1.72 bits per heavy atom. The summed E-state index contributed by atoms with van der Waals surface area (Å²) in [5, 5.41) is 15.7. The number of nitro groups is 1. The normalized spacial score (nSPS) is 14.9. The Bertz CT molecular complexity index is 1560. The fourth-order valence-corrected chi connectivity index (χ4v) is 4.91. The van der Waals surface area contributed by atoms with Gasteiger partial charge in [-0.1, -0.05) is 30.3 Å². The molecule has 36 heavy (non-hydrogen) atoms. The van der Waals surface area contributed by atoms with Gasteiger partial charge in [-0.3, -0.25) is 25.0 Å². The third kappa shape index (κ3) is 3.86. The lowest BCUT2D eigenvalue weighted by Gasteiger charge is -2.20. The highest BCUT2D eigenvalue weighted by Gasteiger charge is 2.36. The molecule has 0 bridgehead atoms. The van der Waals surface area contributed by atoms with E-state index in [0.717, 1.165) is 10.9 Å². The predicted octanol–water partition coefficient (Wildman–Crippen LogP) is 3.17. The van der Waals surface area contributed by atoms with Crippen LogP contribution in [0.15, 0.2) is 54.9 Å². The number of non-ortho nitro benzene ring substituents is 1. The average molecular weight is 488 g/mol. The Kier molecular flexibility index (Phi) is 5.91. The van der Waals surface area contributed by atoms with E-state index in [-0.39, 0.29) is 22.9 Å². The second kappa shape index (κ2) is 9.06. The van der Waals surface area contributed by atoms with Gasteiger partial charge in [-0.2, -0.15) is 0 Å². The number of H-pyrrole nitrogens is 1. The van der Waals surface area contributed by atoms with Crippen LogP contribution in [0, 0.1) is 10.1 Å². The van der Waals surface area contributed by atoms with Crippen LogP contribution in [-0.2, 0) is 20.9 Å². The number of fused-ring (bicyclic) bond motifs is 2. The minimum absolute atomic E-state index is 0.0857. The van der Waals surface area contributed by atoms with Crippen molar-refractivity contribution in [2.45, 2.75) is 12.6 Å². The molecule has 4 aromatic rings. The fourth-order valence-electron chi connectivity index (χ4n) is 4.91. The molecule has 3 heterocycles. The third-order valence-electron chi connectivity index (χ3n) is 6.44. The summed E-state index contributed by atoms with van der Waals surface area (Å²) in [7, 11) is 5.43. The molecule has 0 fully saturated rings. The maximum Gasteiger partial charge on any atom is 0.293 e. The highest BCUT2D eigenvalue weighted by atomic mass is 16.6. The van der Waals surface area contributed by atoms with Crippen LogP contribution in [-0.4, -0.2) is 65.0 Å². The molecule has 10 heteroatoms. The van der Waals surface area contributed by atoms with E-state index in [1.807, 2.05) is 43.3 Å². The summed E-state index contributed by atoms with van der Waals surface area (Å²) in [6, 6.07) is 12.3. The second-order valence-electron chi connectivity index (χ2n) is 9.03. The van der Waals surface area contributed by atoms with Gasteiger partial charge in [-0.25, -0.2) is 0 Å². The smallest absolute Gasteiger partial charge is 0.293 e. The molecular formula is C26H25N5O5. The number of hydrogen-bond donors (Lipinski definition) is 2. The number of amides is 2. The fraction of sp³-hybridized carbons (Fsp3) is 0.231. The number of nitrogens with zero attached hydrogens (tertiary/aromatic N) is 3. The highest BCUT2D eigenvalue weighted by Crippen LogP contribution is 2.40. The first-order valence-electron chi connectivity index (χ1n) is 11.4. The van der Waals surface area contributed by atoms with E-state index in [4.69, 9.17) is 4.74 Å². The van der Waals surface area contributed by atoms with Gasteiger partial charge in [0, 0.05) is 59.5 Å². The number of benzene rings is 2. The number of hydrogen-bond acceptors (Lipinski definition) is 6. The molecule has 1 atom stereocenters. The van der Waals surface area contributed by atoms with E-state index in [1.54, 1.807) is 36.2 Å². The van der Waals surface area contributed by atoms with Crippen LogP contribution >= 0.6 is 0 Å². The standard InChI is InChI=1S/C26H25N5O5/c1-29(2)12-15(36-3)13-30-14-19(17-8-6-10-21(24(17)30)31(34)35)23-22(25(32)28-26(23)33)18-11-27-20-9-5-4-7-16(18)20/h4-11,14-15,27H,12-13H2,1-3H3,(H,28,32,33). The minimum atomic E-state index is -0.539. The van der Waals surface area contributed by atoms with Crippen molar-refractivity contribution in [2.75, 3.05) is 27.7 Å². The summed E-state index contributed by atoms with van der Waals surface area (Å²) < 4.78 is 7.38. The van der Waals surface area contributed by atoms with Crippen LogP contribution in [0.3, 0.4) is 0 Å². The minimum Gasteiger partial charge on any atom is -0.378 e. The van der Waals surface area contributed by atoms with Gasteiger partial charge in [-0.15, -0.1) is 0 Å². The summed E-state index contributed by atoms with van der Waals surface area (Å²) >= 11 is 0. The van der Waals surface area contributed by atoms with Crippen molar-refractivity contribution in [1.29, 1.82) is 0 Å². The number of aromatic amines is 1. The molecule has 0 aliphatic carbocycles. The van der Waals surface area contributed by atoms with Crippen LogP contribution in [0.25, 0.3) is 33.0 Å². The molecule has 184 valence electrons. The summed E-state index contributed by atoms with van der Waals surface area (Å²) in [5.74, 6) is -1.05. The zero-order chi connectivity index (χ0) is 25.6. The number of para-hydroxylation sites is 2. The van der Waals surface area contributed by atoms with Crippen molar-refractivity contribution in [1.82, 2.24) is 19.8 Å². The van der Waals surface area contributed by atoms with Crippen LogP contribution in [0.1, 0.15) is 11.1 Å². The van der Waals surface area contributed by atoms with Crippen molar-refractivity contribution in [3.05, 3.63) is 76.1 Å². The maximum absolute atomic E-state index is 13.1. The van der Waals surface area contributed by atoms with Crippen molar-refractivity contribution in [2.24, 2.45) is 0 Å². The van der Waals surface area contributed by atoms with E-state index < -0.39 is 16.7 Å². The van der Waals surface area contributed by atoms with Gasteiger partial charge < -0.3 is 19.2 Å². The SMILES string of the molecule is COC(CN(C)C)Cn1cc(C2=C(c3c[nH]c4ccccc34)C(=O)NC2=O)c2cccc([N+](=O)[O-])c21. The molecule has 10 nitrogen and oxygen atoms in total. The number of aromatic nitrogens is 2. The summed E-state index contributed by atoms with van der Waals surface area (Å²) in [6.07, 6.45) is 3.16. The zero-order valence-corrected chi connectivity index (χ0v) is 20.1. The Labute approximate surface area is 206 Å². The number of carbonyl (C=O) groups excluding carboxylic acids is 2. The highest BCUT2D eigenvalue weighted by molar-refractivity contribution is 6.50. The molecule has 0 saturated carbocycles. The van der Waals surface area contributed by atoms with Gasteiger partial charge in [0.2, 0.25) is 0 Å². The summed E-state index contributed by atoms with van der Waals surface area (Å²) in [5.41, 5.74) is 2.59. The second-order valence-corrected chi connectivity index (χ2v) is 9.03. The number of nitro benzene ring substituents is 1. The van der Waals surface area contributed by atoms with E-state index in [2.05, 4.69) is 10.3 Å². The third-order valence-corrected chi connectivity index (χ3v) is 6.44. The lowest BCUT2D eigenvalue weighted by Crippen LogP contribution is -2.31. The Hall–Kier alpha value is -4.28.